The summed E-state index contributed by atoms with van der Waals surface area (Å²) in [6.45, 7) is 1.01. The molecule has 4 aliphatic carbocycles. The first kappa shape index (κ1) is 32.4. The highest BCUT2D eigenvalue weighted by atomic mass is 32.2. The summed E-state index contributed by atoms with van der Waals surface area (Å²) in [5.41, 5.74) is -0.975. The van der Waals surface area contributed by atoms with E-state index in [1.54, 1.807) is 12.1 Å². The largest absolute Gasteiger partial charge is 0.508 e. The molecule has 0 atom stereocenters. The molecule has 1 aromatic heterocycles. The number of hydrogen-bond donors (Lipinski definition) is 2. The zero-order chi connectivity index (χ0) is 33.8. The van der Waals surface area contributed by atoms with Gasteiger partial charge in [0, 0.05) is 31.7 Å². The van der Waals surface area contributed by atoms with Crippen molar-refractivity contribution in [3.05, 3.63) is 71.4 Å². The van der Waals surface area contributed by atoms with Crippen molar-refractivity contribution in [3.63, 3.8) is 0 Å². The van der Waals surface area contributed by atoms with Crippen molar-refractivity contribution in [1.29, 1.82) is 0 Å². The van der Waals surface area contributed by atoms with Crippen LogP contribution in [0.15, 0.2) is 54.6 Å². The number of hydrogen-bond acceptors (Lipinski definition) is 8. The van der Waals surface area contributed by atoms with E-state index in [0.717, 1.165) is 31.4 Å². The molecule has 10 nitrogen and oxygen atoms in total. The molecule has 2 heterocycles. The zero-order valence-electron chi connectivity index (χ0n) is 26.1. The first-order valence-corrected chi connectivity index (χ1v) is 17.8. The molecule has 2 aromatic carbocycles. The molecule has 3 aromatic rings. The second-order valence-electron chi connectivity index (χ2n) is 14.0. The lowest BCUT2D eigenvalue weighted by Crippen LogP contribution is -2.51. The molecule has 0 spiro atoms. The van der Waals surface area contributed by atoms with Gasteiger partial charge in [-0.05, 0) is 115 Å². The van der Waals surface area contributed by atoms with Crippen LogP contribution in [0, 0.1) is 23.2 Å². The highest BCUT2D eigenvalue weighted by molar-refractivity contribution is 7.90. The highest BCUT2D eigenvalue weighted by Crippen LogP contribution is 2.60. The van der Waals surface area contributed by atoms with Crippen molar-refractivity contribution in [2.24, 2.45) is 23.2 Å². The molecule has 2 N–H and O–H groups in total. The summed E-state index contributed by atoms with van der Waals surface area (Å²) in [6, 6.07) is 11.9. The number of halogens is 3. The number of piperazine rings is 1. The number of amides is 2. The van der Waals surface area contributed by atoms with Crippen molar-refractivity contribution in [2.45, 2.75) is 44.7 Å². The Kier molecular flexibility index (Phi) is 8.12. The number of alkyl halides is 3. The van der Waals surface area contributed by atoms with E-state index in [2.05, 4.69) is 14.9 Å². The van der Waals surface area contributed by atoms with E-state index in [1.165, 1.54) is 54.5 Å². The molecule has 14 heteroatoms. The summed E-state index contributed by atoms with van der Waals surface area (Å²) < 4.78 is 69.6. The lowest BCUT2D eigenvalue weighted by atomic mass is 9.50. The van der Waals surface area contributed by atoms with Crippen LogP contribution in [0.2, 0.25) is 0 Å². The summed E-state index contributed by atoms with van der Waals surface area (Å²) >= 11 is 0. The number of carbonyl (C=O) groups excluding carboxylic acids is 2. The molecule has 2 amide bonds. The maximum Gasteiger partial charge on any atom is 0.416 e. The van der Waals surface area contributed by atoms with E-state index < -0.39 is 33.6 Å². The van der Waals surface area contributed by atoms with E-state index in [9.17, 15) is 36.3 Å². The fourth-order valence-corrected chi connectivity index (χ4v) is 10.4. The molecule has 4 bridgehead atoms. The van der Waals surface area contributed by atoms with Crippen LogP contribution in [0.25, 0.3) is 11.1 Å². The first-order chi connectivity index (χ1) is 22.7. The number of nitrogens with zero attached hydrogens (tertiary/aromatic N) is 4. The van der Waals surface area contributed by atoms with E-state index in [0.29, 0.717) is 42.2 Å². The third kappa shape index (κ3) is 6.71. The SMILES string of the molecule is O=C(NS(=O)(=O)CC12CC3CC(CC(C3)C1)C2)c1ccc(N2CCN(C(=O)c3cc(-c4cccc(O)c4)cc(C(F)(F)F)c3)CC2)nn1. The highest BCUT2D eigenvalue weighted by Gasteiger charge is 2.52. The van der Waals surface area contributed by atoms with Crippen LogP contribution in [-0.4, -0.2) is 72.4 Å². The van der Waals surface area contributed by atoms with Gasteiger partial charge in [-0.25, -0.2) is 13.1 Å². The van der Waals surface area contributed by atoms with Crippen LogP contribution in [0.3, 0.4) is 0 Å². The molecular formula is C34H36F3N5O5S. The third-order valence-corrected chi connectivity index (χ3v) is 11.9. The monoisotopic (exact) mass is 683 g/mol. The van der Waals surface area contributed by atoms with Gasteiger partial charge in [0.25, 0.3) is 11.8 Å². The zero-order valence-corrected chi connectivity index (χ0v) is 26.9. The van der Waals surface area contributed by atoms with Crippen molar-refractivity contribution in [1.82, 2.24) is 19.8 Å². The molecule has 1 saturated heterocycles. The van der Waals surface area contributed by atoms with Gasteiger partial charge >= 0.3 is 6.18 Å². The predicted molar refractivity (Wildman–Crippen MR) is 171 cm³/mol. The molecule has 0 radical (unpaired) electrons. The summed E-state index contributed by atoms with van der Waals surface area (Å²) in [4.78, 5) is 29.5. The van der Waals surface area contributed by atoms with Gasteiger partial charge in [-0.1, -0.05) is 12.1 Å². The molecule has 4 saturated carbocycles. The predicted octanol–water partition coefficient (Wildman–Crippen LogP) is 5.11. The van der Waals surface area contributed by atoms with Crippen LogP contribution < -0.4 is 9.62 Å². The average molecular weight is 684 g/mol. The number of nitrogens with one attached hydrogen (secondary N) is 1. The molecule has 5 fully saturated rings. The molecular weight excluding hydrogens is 647 g/mol. The molecule has 254 valence electrons. The normalized spacial score (nSPS) is 25.3. The van der Waals surface area contributed by atoms with Gasteiger partial charge in [-0.2, -0.15) is 13.2 Å². The number of sulfonamides is 1. The smallest absolute Gasteiger partial charge is 0.416 e. The summed E-state index contributed by atoms with van der Waals surface area (Å²) in [6.07, 6.45) is 1.61. The van der Waals surface area contributed by atoms with Crippen LogP contribution >= 0.6 is 0 Å². The number of phenolic OH excluding ortho intramolecular Hbond substituents is 1. The minimum atomic E-state index is -4.68. The van der Waals surface area contributed by atoms with Gasteiger partial charge in [-0.3, -0.25) is 9.59 Å². The van der Waals surface area contributed by atoms with E-state index >= 15 is 0 Å². The molecule has 8 rings (SSSR count). The number of aromatic nitrogens is 2. The minimum Gasteiger partial charge on any atom is -0.508 e. The number of aromatic hydroxyl groups is 1. The van der Waals surface area contributed by atoms with Crippen LogP contribution in [0.5, 0.6) is 5.75 Å². The number of phenols is 1. The molecule has 48 heavy (non-hydrogen) atoms. The average Bonchev–Trinajstić information content (AvgIpc) is 3.02. The number of rotatable bonds is 7. The Balaban J connectivity index is 0.974. The standard InChI is InChI=1S/C34H36F3N5O5S/c35-34(36,37)27-14-25(24-2-1-3-28(43)16-24)13-26(15-27)32(45)42-8-6-41(7-9-42)30-5-4-29(38-39-30)31(44)40-48(46,47)20-33-17-21-10-22(18-33)12-23(11-21)19-33/h1-5,13-16,21-23,43H,6-12,17-20H2,(H,40,44). The quantitative estimate of drug-likeness (QED) is 0.352. The van der Waals surface area contributed by atoms with Crippen molar-refractivity contribution in [3.8, 4) is 16.9 Å². The Morgan fingerprint density at radius 3 is 2.12 bits per heavy atom. The van der Waals surface area contributed by atoms with Crippen LogP contribution in [-0.2, 0) is 16.2 Å². The van der Waals surface area contributed by atoms with Gasteiger partial charge in [0.15, 0.2) is 11.5 Å². The fraction of sp³-hybridized carbons (Fsp3) is 0.471. The van der Waals surface area contributed by atoms with Gasteiger partial charge < -0.3 is 14.9 Å². The van der Waals surface area contributed by atoms with Crippen LogP contribution in [0.1, 0.15) is 64.9 Å². The lowest BCUT2D eigenvalue weighted by molar-refractivity contribution is -0.137. The maximum atomic E-state index is 13.8. The van der Waals surface area contributed by atoms with Gasteiger partial charge in [0.05, 0.1) is 11.3 Å². The minimum absolute atomic E-state index is 0.0542. The van der Waals surface area contributed by atoms with Crippen molar-refractivity contribution in [2.75, 3.05) is 36.8 Å². The summed E-state index contributed by atoms with van der Waals surface area (Å²) in [7, 11) is -3.88. The Labute approximate surface area is 276 Å². The van der Waals surface area contributed by atoms with Crippen molar-refractivity contribution >= 4 is 27.7 Å². The topological polar surface area (TPSA) is 133 Å². The van der Waals surface area contributed by atoms with E-state index in [1.807, 2.05) is 4.90 Å². The molecule has 5 aliphatic rings. The van der Waals surface area contributed by atoms with Gasteiger partial charge in [0.2, 0.25) is 10.0 Å². The third-order valence-electron chi connectivity index (χ3n) is 10.4. The number of anilines is 1. The van der Waals surface area contributed by atoms with E-state index in [4.69, 9.17) is 0 Å². The van der Waals surface area contributed by atoms with Gasteiger partial charge in [-0.15, -0.1) is 10.2 Å². The van der Waals surface area contributed by atoms with E-state index in [-0.39, 0.29) is 46.8 Å². The summed E-state index contributed by atoms with van der Waals surface area (Å²) in [5.74, 6) is 0.625. The Morgan fingerprint density at radius 2 is 1.54 bits per heavy atom. The second kappa shape index (κ2) is 12.0. The van der Waals surface area contributed by atoms with Crippen molar-refractivity contribution < 1.29 is 36.3 Å². The lowest BCUT2D eigenvalue weighted by Gasteiger charge is -2.56. The maximum absolute atomic E-state index is 13.8. The number of benzene rings is 2. The molecule has 1 aliphatic heterocycles. The summed E-state index contributed by atoms with van der Waals surface area (Å²) in [5, 5.41) is 17.9. The Morgan fingerprint density at radius 1 is 0.875 bits per heavy atom. The second-order valence-corrected chi connectivity index (χ2v) is 15.7. The number of carbonyl (C=O) groups is 2. The Hall–Kier alpha value is -4.20. The Bertz CT molecular complexity index is 1810. The fourth-order valence-electron chi connectivity index (χ4n) is 8.80. The molecule has 0 unspecified atom stereocenters. The first-order valence-electron chi connectivity index (χ1n) is 16.2. The van der Waals surface area contributed by atoms with Crippen LogP contribution in [0.4, 0.5) is 19.0 Å². The van der Waals surface area contributed by atoms with Gasteiger partial charge in [0.1, 0.15) is 5.75 Å².